The van der Waals surface area contributed by atoms with Crippen LogP contribution in [0.25, 0.3) is 0 Å². The van der Waals surface area contributed by atoms with Gasteiger partial charge in [-0.3, -0.25) is 9.48 Å². The maximum atomic E-state index is 10.5. The summed E-state index contributed by atoms with van der Waals surface area (Å²) in [6, 6.07) is 0. The fourth-order valence-electron chi connectivity index (χ4n) is 1.73. The van der Waals surface area contributed by atoms with Crippen molar-refractivity contribution in [1.29, 1.82) is 0 Å². The molecule has 7 heteroatoms. The number of carboxylic acid groups (broad SMARTS) is 1. The van der Waals surface area contributed by atoms with Crippen LogP contribution >= 0.6 is 11.3 Å². The number of hydrogen-bond acceptors (Lipinski definition) is 5. The average Bonchev–Trinajstić information content (AvgIpc) is 2.94. The van der Waals surface area contributed by atoms with Crippen molar-refractivity contribution in [2.75, 3.05) is 5.32 Å². The lowest BCUT2D eigenvalue weighted by atomic mass is 10.2. The third-order valence-electron chi connectivity index (χ3n) is 2.63. The van der Waals surface area contributed by atoms with Crippen molar-refractivity contribution < 1.29 is 9.90 Å². The molecule has 0 saturated heterocycles. The number of nitrogens with zero attached hydrogens (tertiary/aromatic N) is 3. The summed E-state index contributed by atoms with van der Waals surface area (Å²) in [7, 11) is 1.88. The minimum atomic E-state index is -0.803. The van der Waals surface area contributed by atoms with E-state index in [1.807, 2.05) is 25.5 Å². The van der Waals surface area contributed by atoms with Crippen molar-refractivity contribution in [3.63, 3.8) is 0 Å². The van der Waals surface area contributed by atoms with E-state index in [0.717, 1.165) is 28.6 Å². The minimum absolute atomic E-state index is 0.107. The number of rotatable bonds is 6. The van der Waals surface area contributed by atoms with Crippen LogP contribution in [0.2, 0.25) is 0 Å². The molecule has 0 aliphatic carbocycles. The van der Waals surface area contributed by atoms with Crippen molar-refractivity contribution in [3.05, 3.63) is 23.0 Å². The van der Waals surface area contributed by atoms with Gasteiger partial charge >= 0.3 is 5.97 Å². The molecule has 0 radical (unpaired) electrons. The van der Waals surface area contributed by atoms with Crippen LogP contribution in [0.4, 0.5) is 10.8 Å². The quantitative estimate of drug-likeness (QED) is 0.848. The Hall–Kier alpha value is -1.89. The highest BCUT2D eigenvalue weighted by Gasteiger charge is 2.09. The van der Waals surface area contributed by atoms with Gasteiger partial charge in [0.25, 0.3) is 0 Å². The number of aromatic nitrogens is 3. The van der Waals surface area contributed by atoms with Crippen molar-refractivity contribution in [1.82, 2.24) is 14.8 Å². The molecule has 2 rings (SSSR count). The SMILES string of the molecule is CCc1nn(C)cc1Nc1nc(CCC(=O)O)cs1. The van der Waals surface area contributed by atoms with Crippen LogP contribution in [0.1, 0.15) is 24.7 Å². The molecule has 6 nitrogen and oxygen atoms in total. The van der Waals surface area contributed by atoms with E-state index >= 15 is 0 Å². The van der Waals surface area contributed by atoms with Crippen LogP contribution in [0.3, 0.4) is 0 Å². The maximum absolute atomic E-state index is 10.5. The van der Waals surface area contributed by atoms with E-state index in [9.17, 15) is 4.79 Å². The summed E-state index contributed by atoms with van der Waals surface area (Å²) in [6.07, 6.45) is 3.33. The van der Waals surface area contributed by atoms with Gasteiger partial charge in [-0.2, -0.15) is 5.10 Å². The van der Waals surface area contributed by atoms with Gasteiger partial charge in [0, 0.05) is 25.0 Å². The highest BCUT2D eigenvalue weighted by atomic mass is 32.1. The third kappa shape index (κ3) is 3.54. The minimum Gasteiger partial charge on any atom is -0.481 e. The Kier molecular flexibility index (Phi) is 4.16. The van der Waals surface area contributed by atoms with Crippen LogP contribution in [-0.2, 0) is 24.7 Å². The fraction of sp³-hybridized carbons (Fsp3) is 0.417. The maximum Gasteiger partial charge on any atom is 0.303 e. The van der Waals surface area contributed by atoms with E-state index in [1.165, 1.54) is 11.3 Å². The molecule has 102 valence electrons. The predicted octanol–water partition coefficient (Wildman–Crippen LogP) is 2.20. The highest BCUT2D eigenvalue weighted by Crippen LogP contribution is 2.23. The van der Waals surface area contributed by atoms with E-state index in [-0.39, 0.29) is 6.42 Å². The zero-order chi connectivity index (χ0) is 13.8. The van der Waals surface area contributed by atoms with Crippen LogP contribution in [-0.4, -0.2) is 25.8 Å². The summed E-state index contributed by atoms with van der Waals surface area (Å²) in [5.74, 6) is -0.803. The zero-order valence-corrected chi connectivity index (χ0v) is 11.7. The van der Waals surface area contributed by atoms with Gasteiger partial charge in [0.15, 0.2) is 5.13 Å². The second kappa shape index (κ2) is 5.83. The van der Waals surface area contributed by atoms with Gasteiger partial charge in [-0.1, -0.05) is 6.92 Å². The molecule has 0 aromatic carbocycles. The highest BCUT2D eigenvalue weighted by molar-refractivity contribution is 7.13. The second-order valence-corrected chi connectivity index (χ2v) is 5.04. The largest absolute Gasteiger partial charge is 0.481 e. The number of carbonyl (C=O) groups is 1. The summed E-state index contributed by atoms with van der Waals surface area (Å²) in [5.41, 5.74) is 2.74. The Labute approximate surface area is 115 Å². The summed E-state index contributed by atoms with van der Waals surface area (Å²) in [6.45, 7) is 2.05. The van der Waals surface area contributed by atoms with E-state index in [1.54, 1.807) is 4.68 Å². The number of nitrogens with one attached hydrogen (secondary N) is 1. The number of anilines is 2. The first-order valence-electron chi connectivity index (χ1n) is 6.04. The van der Waals surface area contributed by atoms with E-state index < -0.39 is 5.97 Å². The predicted molar refractivity (Wildman–Crippen MR) is 73.9 cm³/mol. The number of hydrogen-bond donors (Lipinski definition) is 2. The Morgan fingerprint density at radius 2 is 2.37 bits per heavy atom. The second-order valence-electron chi connectivity index (χ2n) is 4.18. The monoisotopic (exact) mass is 280 g/mol. The Balaban J connectivity index is 2.04. The van der Waals surface area contributed by atoms with Gasteiger partial charge in [-0.25, -0.2) is 4.98 Å². The Morgan fingerprint density at radius 3 is 3.05 bits per heavy atom. The molecular formula is C12H16N4O2S. The van der Waals surface area contributed by atoms with Crippen LogP contribution in [0.15, 0.2) is 11.6 Å². The van der Waals surface area contributed by atoms with Crippen LogP contribution in [0, 0.1) is 0 Å². The van der Waals surface area contributed by atoms with E-state index in [0.29, 0.717) is 6.42 Å². The summed E-state index contributed by atoms with van der Waals surface area (Å²) < 4.78 is 1.76. The molecule has 0 amide bonds. The molecule has 19 heavy (non-hydrogen) atoms. The first-order chi connectivity index (χ1) is 9.08. The lowest BCUT2D eigenvalue weighted by Crippen LogP contribution is -1.98. The Bertz CT molecular complexity index is 576. The molecule has 0 atom stereocenters. The molecule has 0 bridgehead atoms. The van der Waals surface area contributed by atoms with Gasteiger partial charge in [0.1, 0.15) is 0 Å². The van der Waals surface area contributed by atoms with Crippen molar-refractivity contribution in [2.24, 2.45) is 7.05 Å². The van der Waals surface area contributed by atoms with Gasteiger partial charge in [0.05, 0.1) is 23.5 Å². The average molecular weight is 280 g/mol. The summed E-state index contributed by atoms with van der Waals surface area (Å²) in [5, 5.41) is 18.9. The smallest absolute Gasteiger partial charge is 0.303 e. The third-order valence-corrected chi connectivity index (χ3v) is 3.44. The number of thiazole rings is 1. The molecule has 0 aliphatic heterocycles. The van der Waals surface area contributed by atoms with Gasteiger partial charge in [-0.05, 0) is 6.42 Å². The van der Waals surface area contributed by atoms with Gasteiger partial charge in [0.2, 0.25) is 0 Å². The number of carboxylic acids is 1. The van der Waals surface area contributed by atoms with E-state index in [2.05, 4.69) is 15.4 Å². The standard InChI is InChI=1S/C12H16N4O2S/c1-3-9-10(6-16(2)15-9)14-12-13-8(7-19-12)4-5-11(17)18/h6-7H,3-5H2,1-2H3,(H,13,14)(H,17,18). The molecule has 0 aliphatic rings. The molecular weight excluding hydrogens is 264 g/mol. The summed E-state index contributed by atoms with van der Waals surface area (Å²) in [4.78, 5) is 14.9. The topological polar surface area (TPSA) is 80.0 Å². The number of aryl methyl sites for hydroxylation is 3. The fourth-order valence-corrected chi connectivity index (χ4v) is 2.49. The molecule has 0 spiro atoms. The molecule has 2 N–H and O–H groups in total. The van der Waals surface area contributed by atoms with Crippen molar-refractivity contribution >= 4 is 28.1 Å². The number of aliphatic carboxylic acids is 1. The van der Waals surface area contributed by atoms with Gasteiger partial charge in [-0.15, -0.1) is 11.3 Å². The van der Waals surface area contributed by atoms with Crippen molar-refractivity contribution in [3.8, 4) is 0 Å². The van der Waals surface area contributed by atoms with Crippen LogP contribution < -0.4 is 5.32 Å². The molecule has 0 fully saturated rings. The molecule has 2 aromatic heterocycles. The zero-order valence-electron chi connectivity index (χ0n) is 10.9. The lowest BCUT2D eigenvalue weighted by Gasteiger charge is -2.00. The Morgan fingerprint density at radius 1 is 1.58 bits per heavy atom. The van der Waals surface area contributed by atoms with E-state index in [4.69, 9.17) is 5.11 Å². The summed E-state index contributed by atoms with van der Waals surface area (Å²) >= 11 is 1.47. The lowest BCUT2D eigenvalue weighted by molar-refractivity contribution is -0.136. The molecule has 2 aromatic rings. The van der Waals surface area contributed by atoms with Gasteiger partial charge < -0.3 is 10.4 Å². The first kappa shape index (κ1) is 13.5. The molecule has 0 unspecified atom stereocenters. The van der Waals surface area contributed by atoms with Crippen molar-refractivity contribution in [2.45, 2.75) is 26.2 Å². The first-order valence-corrected chi connectivity index (χ1v) is 6.92. The molecule has 2 heterocycles. The molecule has 0 saturated carbocycles. The normalized spacial score (nSPS) is 10.6. The van der Waals surface area contributed by atoms with Crippen LogP contribution in [0.5, 0.6) is 0 Å².